The molecule has 1 fully saturated rings. The highest BCUT2D eigenvalue weighted by Gasteiger charge is 2.31. The number of methoxy groups -OCH3 is 1. The van der Waals surface area contributed by atoms with Crippen LogP contribution in [0, 0.1) is 6.92 Å². The third-order valence-corrected chi connectivity index (χ3v) is 8.54. The van der Waals surface area contributed by atoms with Crippen molar-refractivity contribution in [3.05, 3.63) is 53.0 Å². The van der Waals surface area contributed by atoms with Gasteiger partial charge in [0.2, 0.25) is 10.0 Å². The van der Waals surface area contributed by atoms with Crippen molar-refractivity contribution in [3.63, 3.8) is 0 Å². The van der Waals surface area contributed by atoms with E-state index >= 15 is 0 Å². The second-order valence-electron chi connectivity index (χ2n) is 7.47. The number of piperidine rings is 1. The molecular formula is C22H26N2O4S2. The molecule has 0 amide bonds. The van der Waals surface area contributed by atoms with E-state index in [-0.39, 0.29) is 0 Å². The molecule has 3 aromatic rings. The average molecular weight is 447 g/mol. The summed E-state index contributed by atoms with van der Waals surface area (Å²) in [5, 5.41) is 1.11. The Hall–Kier alpha value is -2.00. The first-order valence-corrected chi connectivity index (χ1v) is 12.3. The zero-order chi connectivity index (χ0) is 21.1. The Bertz CT molecular complexity index is 1090. The maximum atomic E-state index is 13.1. The van der Waals surface area contributed by atoms with Gasteiger partial charge in [-0.15, -0.1) is 11.3 Å². The number of sulfonamides is 1. The third kappa shape index (κ3) is 4.37. The van der Waals surface area contributed by atoms with Gasteiger partial charge in [-0.05, 0) is 55.7 Å². The van der Waals surface area contributed by atoms with Crippen molar-refractivity contribution in [2.24, 2.45) is 0 Å². The van der Waals surface area contributed by atoms with E-state index in [4.69, 9.17) is 14.5 Å². The maximum absolute atomic E-state index is 13.1. The van der Waals surface area contributed by atoms with Crippen LogP contribution in [-0.2, 0) is 14.8 Å². The summed E-state index contributed by atoms with van der Waals surface area (Å²) < 4.78 is 39.7. The first-order chi connectivity index (χ1) is 14.5. The summed E-state index contributed by atoms with van der Waals surface area (Å²) in [5.74, 6) is 0.993. The molecule has 30 heavy (non-hydrogen) atoms. The van der Waals surface area contributed by atoms with Crippen LogP contribution in [0.4, 0.5) is 0 Å². The van der Waals surface area contributed by atoms with Gasteiger partial charge in [-0.25, -0.2) is 13.4 Å². The summed E-state index contributed by atoms with van der Waals surface area (Å²) in [5.41, 5.74) is 1.83. The molecule has 8 heteroatoms. The number of ether oxygens (including phenoxy) is 2. The van der Waals surface area contributed by atoms with Crippen LogP contribution in [0.1, 0.15) is 29.3 Å². The van der Waals surface area contributed by atoms with Crippen molar-refractivity contribution in [2.45, 2.75) is 30.6 Å². The minimum Gasteiger partial charge on any atom is -0.491 e. The lowest BCUT2D eigenvalue weighted by molar-refractivity contribution is 0.146. The molecule has 0 spiro atoms. The minimum absolute atomic E-state index is 0.312. The molecule has 160 valence electrons. The van der Waals surface area contributed by atoms with Crippen LogP contribution < -0.4 is 4.74 Å². The lowest BCUT2D eigenvalue weighted by atomic mass is 9.99. The fourth-order valence-corrected chi connectivity index (χ4v) is 6.43. The molecular weight excluding hydrogens is 420 g/mol. The Morgan fingerprint density at radius 2 is 1.90 bits per heavy atom. The number of aromatic nitrogens is 1. The van der Waals surface area contributed by atoms with Crippen LogP contribution in [0.25, 0.3) is 10.2 Å². The summed E-state index contributed by atoms with van der Waals surface area (Å²) in [7, 11) is -1.90. The van der Waals surface area contributed by atoms with Crippen molar-refractivity contribution in [2.75, 3.05) is 33.4 Å². The molecule has 1 aliphatic heterocycles. The average Bonchev–Trinajstić information content (AvgIpc) is 3.19. The van der Waals surface area contributed by atoms with Crippen molar-refractivity contribution < 1.29 is 17.9 Å². The molecule has 0 N–H and O–H groups in total. The van der Waals surface area contributed by atoms with E-state index in [9.17, 15) is 8.42 Å². The van der Waals surface area contributed by atoms with Crippen LogP contribution in [-0.4, -0.2) is 51.1 Å². The first kappa shape index (κ1) is 21.2. The molecule has 0 saturated carbocycles. The number of nitrogens with zero attached hydrogens (tertiary/aromatic N) is 2. The van der Waals surface area contributed by atoms with E-state index in [2.05, 4.69) is 6.07 Å². The van der Waals surface area contributed by atoms with E-state index in [1.54, 1.807) is 41.0 Å². The highest BCUT2D eigenvalue weighted by atomic mass is 32.2. The smallest absolute Gasteiger partial charge is 0.243 e. The molecule has 2 aromatic carbocycles. The molecule has 0 aliphatic carbocycles. The second-order valence-corrected chi connectivity index (χ2v) is 10.5. The molecule has 4 rings (SSSR count). The summed E-state index contributed by atoms with van der Waals surface area (Å²) in [4.78, 5) is 5.08. The van der Waals surface area contributed by atoms with Crippen LogP contribution in [0.2, 0.25) is 0 Å². The molecule has 0 radical (unpaired) electrons. The van der Waals surface area contributed by atoms with Gasteiger partial charge in [-0.1, -0.05) is 12.1 Å². The van der Waals surface area contributed by atoms with Crippen LogP contribution in [0.3, 0.4) is 0 Å². The lowest BCUT2D eigenvalue weighted by Gasteiger charge is -2.30. The van der Waals surface area contributed by atoms with E-state index < -0.39 is 10.0 Å². The quantitative estimate of drug-likeness (QED) is 0.509. The SMILES string of the molecule is COCCOc1ccc(S(=O)(=O)N2CCC(c3nc4ccccc4s3)CC2)cc1C. The Morgan fingerprint density at radius 3 is 2.60 bits per heavy atom. The monoisotopic (exact) mass is 446 g/mol. The number of fused-ring (bicyclic) bond motifs is 1. The molecule has 0 unspecified atom stereocenters. The zero-order valence-electron chi connectivity index (χ0n) is 17.2. The van der Waals surface area contributed by atoms with Gasteiger partial charge in [0.25, 0.3) is 0 Å². The summed E-state index contributed by atoms with van der Waals surface area (Å²) >= 11 is 1.72. The summed E-state index contributed by atoms with van der Waals surface area (Å²) in [6.07, 6.45) is 1.58. The molecule has 1 aliphatic rings. The number of hydrogen-bond donors (Lipinski definition) is 0. The van der Waals surface area contributed by atoms with E-state index in [0.29, 0.717) is 42.9 Å². The van der Waals surface area contributed by atoms with Gasteiger partial charge < -0.3 is 9.47 Å². The Balaban J connectivity index is 1.43. The number of aryl methyl sites for hydroxylation is 1. The highest BCUT2D eigenvalue weighted by molar-refractivity contribution is 7.89. The predicted octanol–water partition coefficient (Wildman–Crippen LogP) is 4.20. The van der Waals surface area contributed by atoms with E-state index in [1.165, 1.54) is 4.70 Å². The molecule has 1 aromatic heterocycles. The Labute approximate surface area is 181 Å². The van der Waals surface area contributed by atoms with Crippen LogP contribution in [0.15, 0.2) is 47.4 Å². The van der Waals surface area contributed by atoms with Gasteiger partial charge in [-0.3, -0.25) is 0 Å². The maximum Gasteiger partial charge on any atom is 0.243 e. The first-order valence-electron chi connectivity index (χ1n) is 10.1. The molecule has 1 saturated heterocycles. The molecule has 6 nitrogen and oxygen atoms in total. The molecule has 0 atom stereocenters. The predicted molar refractivity (Wildman–Crippen MR) is 119 cm³/mol. The number of rotatable bonds is 7. The fourth-order valence-electron chi connectivity index (χ4n) is 3.74. The Kier molecular flexibility index (Phi) is 6.38. The highest BCUT2D eigenvalue weighted by Crippen LogP contribution is 2.35. The third-order valence-electron chi connectivity index (χ3n) is 5.44. The van der Waals surface area contributed by atoms with Crippen molar-refractivity contribution in [3.8, 4) is 5.75 Å². The number of benzene rings is 2. The second kappa shape index (κ2) is 9.01. The topological polar surface area (TPSA) is 68.7 Å². The van der Waals surface area contributed by atoms with Gasteiger partial charge in [0, 0.05) is 26.1 Å². The zero-order valence-corrected chi connectivity index (χ0v) is 18.8. The van der Waals surface area contributed by atoms with Gasteiger partial charge in [-0.2, -0.15) is 4.31 Å². The van der Waals surface area contributed by atoms with Gasteiger partial charge in [0.1, 0.15) is 12.4 Å². The largest absolute Gasteiger partial charge is 0.491 e. The molecule has 0 bridgehead atoms. The van der Waals surface area contributed by atoms with E-state index in [1.807, 2.05) is 25.1 Å². The normalized spacial score (nSPS) is 16.2. The summed E-state index contributed by atoms with van der Waals surface area (Å²) in [6.45, 7) is 3.80. The van der Waals surface area contributed by atoms with Crippen molar-refractivity contribution in [1.29, 1.82) is 0 Å². The Morgan fingerprint density at radius 1 is 1.13 bits per heavy atom. The minimum atomic E-state index is -3.52. The van der Waals surface area contributed by atoms with Crippen LogP contribution in [0.5, 0.6) is 5.75 Å². The summed E-state index contributed by atoms with van der Waals surface area (Å²) in [6, 6.07) is 13.2. The van der Waals surface area contributed by atoms with Crippen molar-refractivity contribution >= 4 is 31.6 Å². The van der Waals surface area contributed by atoms with Crippen LogP contribution >= 0.6 is 11.3 Å². The van der Waals surface area contributed by atoms with Crippen molar-refractivity contribution in [1.82, 2.24) is 9.29 Å². The number of hydrogen-bond acceptors (Lipinski definition) is 6. The lowest BCUT2D eigenvalue weighted by Crippen LogP contribution is -2.37. The van der Waals surface area contributed by atoms with Gasteiger partial charge >= 0.3 is 0 Å². The van der Waals surface area contributed by atoms with Gasteiger partial charge in [0.15, 0.2) is 0 Å². The number of thiazole rings is 1. The van der Waals surface area contributed by atoms with Gasteiger partial charge in [0.05, 0.1) is 26.7 Å². The van der Waals surface area contributed by atoms with E-state index in [0.717, 1.165) is 28.9 Å². The number of para-hydroxylation sites is 1. The fraction of sp³-hybridized carbons (Fsp3) is 0.409. The standard InChI is InChI=1S/C22H26N2O4S2/c1-16-15-18(7-8-20(16)28-14-13-27-2)30(25,26)24-11-9-17(10-12-24)22-23-19-5-3-4-6-21(19)29-22/h3-8,15,17H,9-14H2,1-2H3. The molecule has 2 heterocycles.